The van der Waals surface area contributed by atoms with Gasteiger partial charge >= 0.3 is 0 Å². The van der Waals surface area contributed by atoms with Crippen molar-refractivity contribution >= 4 is 0 Å². The average molecular weight is 249 g/mol. The molecule has 1 aliphatic heterocycles. The van der Waals surface area contributed by atoms with Crippen LogP contribution in [0.15, 0.2) is 24.3 Å². The highest BCUT2D eigenvalue weighted by atomic mass is 16.5. The summed E-state index contributed by atoms with van der Waals surface area (Å²) in [5, 5.41) is 0. The number of nitrogens with two attached hydrogens (primary N) is 1. The number of hydrogen-bond acceptors (Lipinski definition) is 3. The van der Waals surface area contributed by atoms with Crippen LogP contribution < -0.4 is 10.5 Å². The minimum atomic E-state index is 0.0515. The highest BCUT2D eigenvalue weighted by Crippen LogP contribution is 2.32. The van der Waals surface area contributed by atoms with Gasteiger partial charge < -0.3 is 15.2 Å². The van der Waals surface area contributed by atoms with Crippen LogP contribution in [0.2, 0.25) is 0 Å². The molecule has 1 fully saturated rings. The van der Waals surface area contributed by atoms with Gasteiger partial charge in [-0.3, -0.25) is 0 Å². The highest BCUT2D eigenvalue weighted by molar-refractivity contribution is 5.29. The Balaban J connectivity index is 2.04. The van der Waals surface area contributed by atoms with Crippen LogP contribution in [0.5, 0.6) is 5.75 Å². The SMILES string of the molecule is CC(C)Oc1ccc(C(N)C2CCOC2C)cc1. The van der Waals surface area contributed by atoms with Crippen LogP contribution in [0, 0.1) is 5.92 Å². The van der Waals surface area contributed by atoms with E-state index in [2.05, 4.69) is 19.1 Å². The van der Waals surface area contributed by atoms with Crippen molar-refractivity contribution in [2.75, 3.05) is 6.61 Å². The molecule has 1 heterocycles. The largest absolute Gasteiger partial charge is 0.491 e. The summed E-state index contributed by atoms with van der Waals surface area (Å²) in [7, 11) is 0. The number of benzene rings is 1. The van der Waals surface area contributed by atoms with Crippen molar-refractivity contribution < 1.29 is 9.47 Å². The van der Waals surface area contributed by atoms with E-state index in [9.17, 15) is 0 Å². The van der Waals surface area contributed by atoms with E-state index < -0.39 is 0 Å². The van der Waals surface area contributed by atoms with Gasteiger partial charge in [-0.05, 0) is 44.9 Å². The molecule has 2 N–H and O–H groups in total. The molecule has 3 heteroatoms. The van der Waals surface area contributed by atoms with Gasteiger partial charge in [-0.15, -0.1) is 0 Å². The zero-order chi connectivity index (χ0) is 13.1. The third-order valence-electron chi connectivity index (χ3n) is 3.53. The van der Waals surface area contributed by atoms with Crippen molar-refractivity contribution in [1.82, 2.24) is 0 Å². The molecular weight excluding hydrogens is 226 g/mol. The zero-order valence-corrected chi connectivity index (χ0v) is 11.4. The van der Waals surface area contributed by atoms with Crippen LogP contribution >= 0.6 is 0 Å². The number of hydrogen-bond donors (Lipinski definition) is 1. The third kappa shape index (κ3) is 3.03. The topological polar surface area (TPSA) is 44.5 Å². The fourth-order valence-corrected chi connectivity index (χ4v) is 2.51. The summed E-state index contributed by atoms with van der Waals surface area (Å²) in [6.45, 7) is 6.98. The molecule has 1 aromatic carbocycles. The van der Waals surface area contributed by atoms with E-state index in [1.54, 1.807) is 0 Å². The van der Waals surface area contributed by atoms with Crippen LogP contribution in [0.4, 0.5) is 0 Å². The first-order valence-electron chi connectivity index (χ1n) is 6.71. The quantitative estimate of drug-likeness (QED) is 0.892. The fourth-order valence-electron chi connectivity index (χ4n) is 2.51. The van der Waals surface area contributed by atoms with E-state index in [1.165, 1.54) is 0 Å². The molecule has 3 unspecified atom stereocenters. The van der Waals surface area contributed by atoms with E-state index in [1.807, 2.05) is 26.0 Å². The lowest BCUT2D eigenvalue weighted by atomic mass is 9.89. The minimum absolute atomic E-state index is 0.0515. The van der Waals surface area contributed by atoms with E-state index in [0.29, 0.717) is 5.92 Å². The number of rotatable bonds is 4. The molecule has 0 bridgehead atoms. The van der Waals surface area contributed by atoms with E-state index in [0.717, 1.165) is 24.3 Å². The van der Waals surface area contributed by atoms with Gasteiger partial charge in [0.1, 0.15) is 5.75 Å². The molecule has 0 aromatic heterocycles. The van der Waals surface area contributed by atoms with Crippen molar-refractivity contribution in [3.63, 3.8) is 0 Å². The molecule has 1 saturated heterocycles. The van der Waals surface area contributed by atoms with Crippen molar-refractivity contribution in [2.45, 2.75) is 45.4 Å². The smallest absolute Gasteiger partial charge is 0.119 e. The second-order valence-corrected chi connectivity index (χ2v) is 5.29. The molecule has 0 spiro atoms. The molecular formula is C15H23NO2. The summed E-state index contributed by atoms with van der Waals surface area (Å²) in [6.07, 6.45) is 1.51. The molecule has 18 heavy (non-hydrogen) atoms. The van der Waals surface area contributed by atoms with Crippen molar-refractivity contribution in [3.8, 4) is 5.75 Å². The molecule has 0 radical (unpaired) electrons. The second kappa shape index (κ2) is 5.72. The first-order chi connectivity index (χ1) is 8.58. The lowest BCUT2D eigenvalue weighted by Crippen LogP contribution is -2.26. The summed E-state index contributed by atoms with van der Waals surface area (Å²) in [6, 6.07) is 8.17. The van der Waals surface area contributed by atoms with Crippen molar-refractivity contribution in [2.24, 2.45) is 11.7 Å². The van der Waals surface area contributed by atoms with E-state index in [4.69, 9.17) is 15.2 Å². The first kappa shape index (κ1) is 13.4. The van der Waals surface area contributed by atoms with E-state index >= 15 is 0 Å². The Morgan fingerprint density at radius 1 is 1.28 bits per heavy atom. The van der Waals surface area contributed by atoms with Gasteiger partial charge in [0.25, 0.3) is 0 Å². The average Bonchev–Trinajstić information content (AvgIpc) is 2.75. The van der Waals surface area contributed by atoms with Gasteiger partial charge in [0, 0.05) is 18.6 Å². The third-order valence-corrected chi connectivity index (χ3v) is 3.53. The Bertz CT molecular complexity index is 375. The molecule has 100 valence electrons. The molecule has 0 saturated carbocycles. The van der Waals surface area contributed by atoms with Gasteiger partial charge in [-0.25, -0.2) is 0 Å². The van der Waals surface area contributed by atoms with Crippen LogP contribution in [0.1, 0.15) is 38.8 Å². The highest BCUT2D eigenvalue weighted by Gasteiger charge is 2.30. The predicted molar refractivity (Wildman–Crippen MR) is 72.7 cm³/mol. The van der Waals surface area contributed by atoms with E-state index in [-0.39, 0.29) is 18.2 Å². The van der Waals surface area contributed by atoms with Crippen molar-refractivity contribution in [3.05, 3.63) is 29.8 Å². The molecule has 1 aliphatic rings. The maximum Gasteiger partial charge on any atom is 0.119 e. The van der Waals surface area contributed by atoms with Gasteiger partial charge in [0.15, 0.2) is 0 Å². The Morgan fingerprint density at radius 2 is 1.94 bits per heavy atom. The monoisotopic (exact) mass is 249 g/mol. The Hall–Kier alpha value is -1.06. The van der Waals surface area contributed by atoms with Crippen LogP contribution in [-0.4, -0.2) is 18.8 Å². The summed E-state index contributed by atoms with van der Waals surface area (Å²) < 4.78 is 11.2. The molecule has 3 atom stereocenters. The van der Waals surface area contributed by atoms with Crippen LogP contribution in [-0.2, 0) is 4.74 Å². The van der Waals surface area contributed by atoms with Gasteiger partial charge in [-0.2, -0.15) is 0 Å². The lowest BCUT2D eigenvalue weighted by Gasteiger charge is -2.22. The van der Waals surface area contributed by atoms with Gasteiger partial charge in [0.05, 0.1) is 12.2 Å². The first-order valence-corrected chi connectivity index (χ1v) is 6.71. The summed E-state index contributed by atoms with van der Waals surface area (Å²) in [4.78, 5) is 0. The molecule has 2 rings (SSSR count). The second-order valence-electron chi connectivity index (χ2n) is 5.29. The van der Waals surface area contributed by atoms with Gasteiger partial charge in [0.2, 0.25) is 0 Å². The van der Waals surface area contributed by atoms with Gasteiger partial charge in [-0.1, -0.05) is 12.1 Å². The summed E-state index contributed by atoms with van der Waals surface area (Å²) >= 11 is 0. The number of ether oxygens (including phenoxy) is 2. The fraction of sp³-hybridized carbons (Fsp3) is 0.600. The van der Waals surface area contributed by atoms with Crippen molar-refractivity contribution in [1.29, 1.82) is 0 Å². The normalized spacial score (nSPS) is 25.4. The Labute approximate surface area is 109 Å². The maximum absolute atomic E-state index is 6.32. The minimum Gasteiger partial charge on any atom is -0.491 e. The Kier molecular flexibility index (Phi) is 4.25. The van der Waals surface area contributed by atoms with Crippen LogP contribution in [0.25, 0.3) is 0 Å². The van der Waals surface area contributed by atoms with Crippen LogP contribution in [0.3, 0.4) is 0 Å². The lowest BCUT2D eigenvalue weighted by molar-refractivity contribution is 0.0995. The molecule has 0 amide bonds. The summed E-state index contributed by atoms with van der Waals surface area (Å²) in [5.74, 6) is 1.32. The molecule has 3 nitrogen and oxygen atoms in total. The molecule has 0 aliphatic carbocycles. The standard InChI is InChI=1S/C15H23NO2/c1-10(2)18-13-6-4-12(5-7-13)15(16)14-8-9-17-11(14)3/h4-7,10-11,14-15H,8-9,16H2,1-3H3. The summed E-state index contributed by atoms with van der Waals surface area (Å²) in [5.41, 5.74) is 7.48. The Morgan fingerprint density at radius 3 is 2.44 bits per heavy atom. The maximum atomic E-state index is 6.32. The molecule has 1 aromatic rings. The zero-order valence-electron chi connectivity index (χ0n) is 11.4. The predicted octanol–water partition coefficient (Wildman–Crippen LogP) is 2.90.